The standard InChI is InChI=1S/C3H7NO3.Na.H/c1-7-3(6)2(4)5;;/h2,5H,4H2,1H3;;/q;+1;-1. The zero-order valence-corrected chi connectivity index (χ0v) is 6.92. The third kappa shape index (κ3) is 4.55. The summed E-state index contributed by atoms with van der Waals surface area (Å²) in [6.07, 6.45) is -1.50. The molecule has 8 heavy (non-hydrogen) atoms. The van der Waals surface area contributed by atoms with E-state index in [1.54, 1.807) is 0 Å². The van der Waals surface area contributed by atoms with Gasteiger partial charge in [0.1, 0.15) is 0 Å². The molecule has 0 aliphatic heterocycles. The number of methoxy groups -OCH3 is 1. The second kappa shape index (κ2) is 5.53. The number of aliphatic hydroxyl groups is 1. The molecule has 0 radical (unpaired) electrons. The van der Waals surface area contributed by atoms with E-state index in [2.05, 4.69) is 10.5 Å². The van der Waals surface area contributed by atoms with Crippen molar-refractivity contribution < 1.29 is 45.6 Å². The molecule has 44 valence electrons. The fourth-order valence-corrected chi connectivity index (χ4v) is 0.121. The summed E-state index contributed by atoms with van der Waals surface area (Å²) in [5, 5.41) is 8.12. The Morgan fingerprint density at radius 1 is 2.00 bits per heavy atom. The molecule has 0 aromatic rings. The van der Waals surface area contributed by atoms with Crippen LogP contribution in [-0.4, -0.2) is 24.4 Å². The third-order valence-electron chi connectivity index (χ3n) is 0.443. The van der Waals surface area contributed by atoms with Crippen molar-refractivity contribution in [2.45, 2.75) is 6.23 Å². The van der Waals surface area contributed by atoms with Gasteiger partial charge in [-0.3, -0.25) is 5.73 Å². The minimum atomic E-state index is -1.50. The van der Waals surface area contributed by atoms with Crippen molar-refractivity contribution in [1.29, 1.82) is 0 Å². The maximum absolute atomic E-state index is 9.91. The van der Waals surface area contributed by atoms with Crippen LogP contribution >= 0.6 is 0 Å². The molecule has 0 saturated heterocycles. The van der Waals surface area contributed by atoms with Gasteiger partial charge in [0.2, 0.25) is 6.23 Å². The van der Waals surface area contributed by atoms with E-state index in [0.717, 1.165) is 7.11 Å². The first-order valence-corrected chi connectivity index (χ1v) is 1.70. The summed E-state index contributed by atoms with van der Waals surface area (Å²) in [5.74, 6) is -0.819. The van der Waals surface area contributed by atoms with Crippen molar-refractivity contribution in [2.24, 2.45) is 5.73 Å². The molecule has 0 heterocycles. The number of hydrogen-bond acceptors (Lipinski definition) is 4. The number of nitrogens with two attached hydrogens (primary N) is 1. The molecule has 0 aromatic heterocycles. The Hall–Kier alpha value is 0.390. The predicted molar refractivity (Wildman–Crippen MR) is 23.3 cm³/mol. The number of aliphatic hydroxyl groups excluding tert-OH is 1. The monoisotopic (exact) mass is 129 g/mol. The molecular formula is C3H8NNaO3. The van der Waals surface area contributed by atoms with Crippen LogP contribution in [0.2, 0.25) is 0 Å². The van der Waals surface area contributed by atoms with Crippen molar-refractivity contribution >= 4 is 5.97 Å². The van der Waals surface area contributed by atoms with Crippen LogP contribution in [0, 0.1) is 0 Å². The molecule has 3 N–H and O–H groups in total. The first-order valence-electron chi connectivity index (χ1n) is 1.70. The summed E-state index contributed by atoms with van der Waals surface area (Å²) in [4.78, 5) is 9.91. The molecule has 0 fully saturated rings. The van der Waals surface area contributed by atoms with E-state index < -0.39 is 12.2 Å². The first kappa shape index (κ1) is 11.2. The maximum atomic E-state index is 9.91. The molecule has 0 spiro atoms. The zero-order chi connectivity index (χ0) is 5.86. The molecule has 0 amide bonds. The van der Waals surface area contributed by atoms with Gasteiger partial charge in [-0.2, -0.15) is 0 Å². The molecule has 1 atom stereocenters. The van der Waals surface area contributed by atoms with Gasteiger partial charge < -0.3 is 11.3 Å². The molecule has 0 aromatic carbocycles. The molecule has 0 bridgehead atoms. The number of esters is 1. The Bertz CT molecular complexity index is 79.5. The molecule has 1 unspecified atom stereocenters. The Labute approximate surface area is 70.8 Å². The van der Waals surface area contributed by atoms with Gasteiger partial charge in [0, 0.05) is 0 Å². The van der Waals surface area contributed by atoms with Crippen LogP contribution in [0.3, 0.4) is 0 Å². The smallest absolute Gasteiger partial charge is 1.00 e. The van der Waals surface area contributed by atoms with Crippen LogP contribution in [-0.2, 0) is 9.53 Å². The largest absolute Gasteiger partial charge is 1.00 e. The molecule has 4 nitrogen and oxygen atoms in total. The van der Waals surface area contributed by atoms with E-state index in [1.807, 2.05) is 0 Å². The van der Waals surface area contributed by atoms with E-state index in [0.29, 0.717) is 0 Å². The predicted octanol–water partition coefficient (Wildman–Crippen LogP) is -4.45. The number of rotatable bonds is 1. The summed E-state index contributed by atoms with van der Waals surface area (Å²) in [6.45, 7) is 0. The summed E-state index contributed by atoms with van der Waals surface area (Å²) in [5.41, 5.74) is 4.63. The number of hydrogen-bond donors (Lipinski definition) is 2. The molecule has 0 rings (SSSR count). The van der Waals surface area contributed by atoms with Gasteiger partial charge in [0.25, 0.3) is 0 Å². The molecule has 0 aliphatic carbocycles. The number of carbonyl (C=O) groups excluding carboxylic acids is 1. The van der Waals surface area contributed by atoms with E-state index >= 15 is 0 Å². The summed E-state index contributed by atoms with van der Waals surface area (Å²) in [6, 6.07) is 0. The fourth-order valence-electron chi connectivity index (χ4n) is 0.121. The first-order chi connectivity index (χ1) is 3.18. The van der Waals surface area contributed by atoms with Gasteiger partial charge in [-0.15, -0.1) is 0 Å². The second-order valence-corrected chi connectivity index (χ2v) is 0.968. The van der Waals surface area contributed by atoms with E-state index in [1.165, 1.54) is 0 Å². The van der Waals surface area contributed by atoms with Crippen LogP contribution in [0.15, 0.2) is 0 Å². The van der Waals surface area contributed by atoms with Crippen molar-refractivity contribution in [3.8, 4) is 0 Å². The van der Waals surface area contributed by atoms with Crippen LogP contribution in [0.1, 0.15) is 1.43 Å². The summed E-state index contributed by atoms with van der Waals surface area (Å²) in [7, 11) is 1.15. The molecule has 5 heteroatoms. The quantitative estimate of drug-likeness (QED) is 0.213. The Morgan fingerprint density at radius 3 is 2.38 bits per heavy atom. The number of carbonyl (C=O) groups is 1. The Kier molecular flexibility index (Phi) is 7.75. The number of ether oxygens (including phenoxy) is 1. The minimum Gasteiger partial charge on any atom is -1.00 e. The van der Waals surface area contributed by atoms with Gasteiger partial charge in [-0.25, -0.2) is 4.79 Å². The van der Waals surface area contributed by atoms with Crippen molar-refractivity contribution in [2.75, 3.05) is 7.11 Å². The Balaban J connectivity index is -0.000000180. The van der Waals surface area contributed by atoms with E-state index in [9.17, 15) is 4.79 Å². The SMILES string of the molecule is COC(=O)C(N)O.[H-].[Na+]. The average molecular weight is 129 g/mol. The third-order valence-corrected chi connectivity index (χ3v) is 0.443. The van der Waals surface area contributed by atoms with Crippen LogP contribution in [0.5, 0.6) is 0 Å². The summed E-state index contributed by atoms with van der Waals surface area (Å²) >= 11 is 0. The minimum absolute atomic E-state index is 0. The average Bonchev–Trinajstić information content (AvgIpc) is 1.65. The van der Waals surface area contributed by atoms with Gasteiger partial charge in [-0.05, 0) is 0 Å². The second-order valence-electron chi connectivity index (χ2n) is 0.968. The zero-order valence-electron chi connectivity index (χ0n) is 5.92. The van der Waals surface area contributed by atoms with Gasteiger partial charge in [0.05, 0.1) is 7.11 Å². The normalized spacial score (nSPS) is 11.4. The maximum Gasteiger partial charge on any atom is 1.00 e. The van der Waals surface area contributed by atoms with Crippen molar-refractivity contribution in [3.05, 3.63) is 0 Å². The molecule has 0 saturated carbocycles. The van der Waals surface area contributed by atoms with Crippen LogP contribution < -0.4 is 35.3 Å². The van der Waals surface area contributed by atoms with Crippen molar-refractivity contribution in [3.63, 3.8) is 0 Å². The van der Waals surface area contributed by atoms with Crippen LogP contribution in [0.4, 0.5) is 0 Å². The summed E-state index contributed by atoms with van der Waals surface area (Å²) < 4.78 is 4.00. The van der Waals surface area contributed by atoms with Crippen LogP contribution in [0.25, 0.3) is 0 Å². The van der Waals surface area contributed by atoms with Gasteiger partial charge in [0.15, 0.2) is 0 Å². The Morgan fingerprint density at radius 2 is 2.38 bits per heavy atom. The topological polar surface area (TPSA) is 72.5 Å². The van der Waals surface area contributed by atoms with Crippen molar-refractivity contribution in [1.82, 2.24) is 0 Å². The van der Waals surface area contributed by atoms with Gasteiger partial charge in [-0.1, -0.05) is 0 Å². The van der Waals surface area contributed by atoms with E-state index in [4.69, 9.17) is 5.11 Å². The molecular weight excluding hydrogens is 121 g/mol. The fraction of sp³-hybridized carbons (Fsp3) is 0.667. The molecule has 0 aliphatic rings. The van der Waals surface area contributed by atoms with E-state index in [-0.39, 0.29) is 31.0 Å². The van der Waals surface area contributed by atoms with Gasteiger partial charge >= 0.3 is 35.5 Å².